The van der Waals surface area contributed by atoms with E-state index in [1.165, 1.54) is 18.2 Å². The van der Waals surface area contributed by atoms with E-state index >= 15 is 0 Å². The molecule has 0 saturated heterocycles. The first-order valence-corrected chi connectivity index (χ1v) is 9.69. The Balaban J connectivity index is 1.64. The molecule has 0 radical (unpaired) electrons. The van der Waals surface area contributed by atoms with E-state index < -0.39 is 5.82 Å². The van der Waals surface area contributed by atoms with E-state index in [9.17, 15) is 9.18 Å². The van der Waals surface area contributed by atoms with Crippen molar-refractivity contribution in [1.29, 1.82) is 0 Å². The maximum Gasteiger partial charge on any atom is 0.251 e. The standard InChI is InChI=1S/C21H18ClFN6O/c1-2-19(14-3-4-16(22)17(23)9-14)29-8-6-13(10-20(29)30)18-5-7-24-21(28-18)27-15-11-25-26-12-15/h3-12,19H,2H2,1H3,(H,25,26)(H,24,27,28). The Kier molecular flexibility index (Phi) is 5.58. The van der Waals surface area contributed by atoms with E-state index in [0.717, 1.165) is 5.69 Å². The Hall–Kier alpha value is -3.52. The fraction of sp³-hybridized carbons (Fsp3) is 0.143. The summed E-state index contributed by atoms with van der Waals surface area (Å²) in [5.74, 6) is -0.114. The molecule has 1 aromatic carbocycles. The molecule has 0 aliphatic rings. The third-order valence-corrected chi connectivity index (χ3v) is 5.01. The molecule has 3 aromatic heterocycles. The fourth-order valence-corrected chi connectivity index (χ4v) is 3.36. The minimum atomic E-state index is -0.504. The average Bonchev–Trinajstić information content (AvgIpc) is 3.25. The Morgan fingerprint density at radius 3 is 2.83 bits per heavy atom. The molecule has 0 bridgehead atoms. The molecule has 7 nitrogen and oxygen atoms in total. The number of hydrogen-bond donors (Lipinski definition) is 2. The van der Waals surface area contributed by atoms with Crippen molar-refractivity contribution in [3.8, 4) is 11.3 Å². The second-order valence-electron chi connectivity index (χ2n) is 6.64. The molecular formula is C21H18ClFN6O. The first-order valence-electron chi connectivity index (χ1n) is 9.31. The summed E-state index contributed by atoms with van der Waals surface area (Å²) in [4.78, 5) is 21.5. The van der Waals surface area contributed by atoms with Crippen molar-refractivity contribution in [3.63, 3.8) is 0 Å². The zero-order valence-corrected chi connectivity index (χ0v) is 16.8. The lowest BCUT2D eigenvalue weighted by Gasteiger charge is -2.19. The van der Waals surface area contributed by atoms with Gasteiger partial charge in [-0.25, -0.2) is 14.4 Å². The number of rotatable bonds is 6. The van der Waals surface area contributed by atoms with Crippen molar-refractivity contribution in [2.75, 3.05) is 5.32 Å². The van der Waals surface area contributed by atoms with Crippen molar-refractivity contribution in [2.24, 2.45) is 0 Å². The summed E-state index contributed by atoms with van der Waals surface area (Å²) < 4.78 is 15.5. The highest BCUT2D eigenvalue weighted by Crippen LogP contribution is 2.25. The summed E-state index contributed by atoms with van der Waals surface area (Å²) in [5.41, 5.74) is 2.46. The number of benzene rings is 1. The van der Waals surface area contributed by atoms with Gasteiger partial charge in [-0.15, -0.1) is 0 Å². The van der Waals surface area contributed by atoms with Gasteiger partial charge in [0.2, 0.25) is 5.95 Å². The van der Waals surface area contributed by atoms with Crippen LogP contribution < -0.4 is 10.9 Å². The SMILES string of the molecule is CCC(c1ccc(Cl)c(F)c1)n1ccc(-c2ccnc(Nc3cn[nH]c3)n2)cc1=O. The van der Waals surface area contributed by atoms with Crippen LogP contribution in [0.25, 0.3) is 11.3 Å². The predicted molar refractivity (Wildman–Crippen MR) is 113 cm³/mol. The van der Waals surface area contributed by atoms with Gasteiger partial charge in [-0.05, 0) is 36.2 Å². The Bertz CT molecular complexity index is 1220. The lowest BCUT2D eigenvalue weighted by Crippen LogP contribution is -2.24. The van der Waals surface area contributed by atoms with Gasteiger partial charge in [0.05, 0.1) is 28.6 Å². The van der Waals surface area contributed by atoms with Crippen LogP contribution in [0, 0.1) is 5.82 Å². The topological polar surface area (TPSA) is 88.5 Å². The summed E-state index contributed by atoms with van der Waals surface area (Å²) in [7, 11) is 0. The molecule has 0 amide bonds. The van der Waals surface area contributed by atoms with Crippen LogP contribution in [-0.4, -0.2) is 24.7 Å². The average molecular weight is 425 g/mol. The summed E-state index contributed by atoms with van der Waals surface area (Å²) >= 11 is 5.79. The molecule has 4 aromatic rings. The van der Waals surface area contributed by atoms with E-state index in [1.807, 2.05) is 6.92 Å². The molecule has 1 atom stereocenters. The largest absolute Gasteiger partial charge is 0.321 e. The number of pyridine rings is 1. The van der Waals surface area contributed by atoms with Crippen molar-refractivity contribution in [2.45, 2.75) is 19.4 Å². The molecule has 0 aliphatic heterocycles. The second-order valence-corrected chi connectivity index (χ2v) is 7.04. The maximum absolute atomic E-state index is 13.9. The zero-order valence-electron chi connectivity index (χ0n) is 16.0. The van der Waals surface area contributed by atoms with Gasteiger partial charge < -0.3 is 9.88 Å². The molecule has 9 heteroatoms. The first kappa shape index (κ1) is 19.8. The number of aromatic amines is 1. The van der Waals surface area contributed by atoms with Gasteiger partial charge >= 0.3 is 0 Å². The monoisotopic (exact) mass is 424 g/mol. The highest BCUT2D eigenvalue weighted by atomic mass is 35.5. The normalized spacial score (nSPS) is 12.0. The van der Waals surface area contributed by atoms with Crippen LogP contribution in [0.1, 0.15) is 24.9 Å². The summed E-state index contributed by atoms with van der Waals surface area (Å²) in [6.45, 7) is 1.94. The van der Waals surface area contributed by atoms with Gasteiger partial charge in [-0.2, -0.15) is 5.10 Å². The minimum Gasteiger partial charge on any atom is -0.321 e. The van der Waals surface area contributed by atoms with Crippen LogP contribution in [0.4, 0.5) is 16.0 Å². The number of nitrogens with one attached hydrogen (secondary N) is 2. The second kappa shape index (κ2) is 8.46. The van der Waals surface area contributed by atoms with Gasteiger partial charge in [-0.3, -0.25) is 9.89 Å². The van der Waals surface area contributed by atoms with Crippen LogP contribution >= 0.6 is 11.6 Å². The molecule has 0 saturated carbocycles. The van der Waals surface area contributed by atoms with Crippen molar-refractivity contribution in [3.05, 3.63) is 87.9 Å². The number of nitrogens with zero attached hydrogens (tertiary/aromatic N) is 4. The van der Waals surface area contributed by atoms with Crippen molar-refractivity contribution in [1.82, 2.24) is 24.7 Å². The van der Waals surface area contributed by atoms with Crippen LogP contribution in [0.2, 0.25) is 5.02 Å². The molecule has 3 heterocycles. The summed E-state index contributed by atoms with van der Waals surface area (Å²) in [6.07, 6.45) is 7.22. The van der Waals surface area contributed by atoms with Crippen LogP contribution in [0.3, 0.4) is 0 Å². The van der Waals surface area contributed by atoms with Crippen molar-refractivity contribution >= 4 is 23.2 Å². The van der Waals surface area contributed by atoms with Gasteiger partial charge in [0.1, 0.15) is 5.82 Å². The number of aromatic nitrogens is 5. The number of anilines is 2. The molecule has 4 rings (SSSR count). The van der Waals surface area contributed by atoms with Crippen LogP contribution in [-0.2, 0) is 0 Å². The highest BCUT2D eigenvalue weighted by Gasteiger charge is 2.15. The molecule has 152 valence electrons. The van der Waals surface area contributed by atoms with Crippen molar-refractivity contribution < 1.29 is 4.39 Å². The van der Waals surface area contributed by atoms with Gasteiger partial charge in [0, 0.05) is 30.2 Å². The number of halogens is 2. The van der Waals surface area contributed by atoms with E-state index in [2.05, 4.69) is 25.5 Å². The van der Waals surface area contributed by atoms with Gasteiger partial charge in [0.25, 0.3) is 5.56 Å². The lowest BCUT2D eigenvalue weighted by atomic mass is 10.0. The molecular weight excluding hydrogens is 407 g/mol. The van der Waals surface area contributed by atoms with E-state index in [4.69, 9.17) is 11.6 Å². The predicted octanol–water partition coefficient (Wildman–Crippen LogP) is 4.56. The number of hydrogen-bond acceptors (Lipinski definition) is 5. The van der Waals surface area contributed by atoms with E-state index in [1.54, 1.807) is 47.6 Å². The summed E-state index contributed by atoms with van der Waals surface area (Å²) in [5, 5.41) is 9.65. The molecule has 0 spiro atoms. The first-order chi connectivity index (χ1) is 14.5. The molecule has 2 N–H and O–H groups in total. The third kappa shape index (κ3) is 4.08. The minimum absolute atomic E-state index is 0.0555. The van der Waals surface area contributed by atoms with E-state index in [-0.39, 0.29) is 16.6 Å². The summed E-state index contributed by atoms with van der Waals surface area (Å²) in [6, 6.07) is 9.35. The molecule has 30 heavy (non-hydrogen) atoms. The van der Waals surface area contributed by atoms with Crippen LogP contribution in [0.5, 0.6) is 0 Å². The molecule has 1 unspecified atom stereocenters. The smallest absolute Gasteiger partial charge is 0.251 e. The lowest BCUT2D eigenvalue weighted by molar-refractivity contribution is 0.541. The third-order valence-electron chi connectivity index (χ3n) is 4.70. The Labute approximate surface area is 176 Å². The zero-order chi connectivity index (χ0) is 21.1. The Morgan fingerprint density at radius 1 is 1.27 bits per heavy atom. The quantitative estimate of drug-likeness (QED) is 0.473. The van der Waals surface area contributed by atoms with Gasteiger partial charge in [0.15, 0.2) is 0 Å². The van der Waals surface area contributed by atoms with Gasteiger partial charge in [-0.1, -0.05) is 24.6 Å². The Morgan fingerprint density at radius 2 is 2.13 bits per heavy atom. The van der Waals surface area contributed by atoms with Crippen LogP contribution in [0.15, 0.2) is 66.0 Å². The number of H-pyrrole nitrogens is 1. The maximum atomic E-state index is 13.9. The highest BCUT2D eigenvalue weighted by molar-refractivity contribution is 6.30. The molecule has 0 fully saturated rings. The fourth-order valence-electron chi connectivity index (χ4n) is 3.25. The molecule has 0 aliphatic carbocycles. The van der Waals surface area contributed by atoms with E-state index in [0.29, 0.717) is 29.2 Å².